The van der Waals surface area contributed by atoms with Crippen molar-refractivity contribution in [2.24, 2.45) is 5.73 Å². The molecular formula is C14H17N3S. The first-order valence-corrected chi connectivity index (χ1v) is 7.33. The van der Waals surface area contributed by atoms with Crippen LogP contribution in [0, 0.1) is 0 Å². The van der Waals surface area contributed by atoms with Gasteiger partial charge in [-0.2, -0.15) is 0 Å². The highest BCUT2D eigenvalue weighted by molar-refractivity contribution is 7.14. The largest absolute Gasteiger partial charge is 0.330 e. The van der Waals surface area contributed by atoms with Crippen LogP contribution >= 0.6 is 11.3 Å². The number of aryl methyl sites for hydroxylation is 2. The maximum absolute atomic E-state index is 5.54. The molecule has 1 aliphatic rings. The van der Waals surface area contributed by atoms with Crippen LogP contribution in [0.2, 0.25) is 0 Å². The molecule has 1 heterocycles. The van der Waals surface area contributed by atoms with Gasteiger partial charge in [-0.25, -0.2) is 0 Å². The minimum Gasteiger partial charge on any atom is -0.330 e. The van der Waals surface area contributed by atoms with Crippen molar-refractivity contribution in [2.45, 2.75) is 32.1 Å². The van der Waals surface area contributed by atoms with Gasteiger partial charge in [0.1, 0.15) is 10.0 Å². The van der Waals surface area contributed by atoms with E-state index in [0.717, 1.165) is 16.4 Å². The van der Waals surface area contributed by atoms with Gasteiger partial charge in [0, 0.05) is 12.0 Å². The fraction of sp³-hybridized carbons (Fsp3) is 0.429. The number of aromatic nitrogens is 2. The van der Waals surface area contributed by atoms with E-state index in [1.54, 1.807) is 11.3 Å². The molecule has 94 valence electrons. The highest BCUT2D eigenvalue weighted by Gasteiger charge is 2.12. The third-order valence-corrected chi connectivity index (χ3v) is 4.45. The van der Waals surface area contributed by atoms with Crippen LogP contribution in [-0.2, 0) is 19.3 Å². The molecule has 0 radical (unpaired) electrons. The van der Waals surface area contributed by atoms with Gasteiger partial charge in [0.05, 0.1) is 0 Å². The van der Waals surface area contributed by atoms with E-state index >= 15 is 0 Å². The zero-order chi connectivity index (χ0) is 12.4. The summed E-state index contributed by atoms with van der Waals surface area (Å²) in [4.78, 5) is 0. The van der Waals surface area contributed by atoms with Crippen molar-refractivity contribution in [1.29, 1.82) is 0 Å². The topological polar surface area (TPSA) is 51.8 Å². The Hall–Kier alpha value is -1.26. The van der Waals surface area contributed by atoms with E-state index in [-0.39, 0.29) is 0 Å². The quantitative estimate of drug-likeness (QED) is 0.921. The van der Waals surface area contributed by atoms with E-state index in [0.29, 0.717) is 6.54 Å². The summed E-state index contributed by atoms with van der Waals surface area (Å²) in [7, 11) is 0. The van der Waals surface area contributed by atoms with Crippen LogP contribution < -0.4 is 5.73 Å². The second kappa shape index (κ2) is 5.16. The first kappa shape index (κ1) is 11.8. The summed E-state index contributed by atoms with van der Waals surface area (Å²) >= 11 is 1.66. The highest BCUT2D eigenvalue weighted by Crippen LogP contribution is 2.29. The third-order valence-electron chi connectivity index (χ3n) is 3.42. The molecular weight excluding hydrogens is 242 g/mol. The minimum absolute atomic E-state index is 0.638. The van der Waals surface area contributed by atoms with Crippen LogP contribution in [0.4, 0.5) is 0 Å². The maximum Gasteiger partial charge on any atom is 0.147 e. The van der Waals surface area contributed by atoms with Crippen molar-refractivity contribution >= 4 is 11.3 Å². The predicted molar refractivity (Wildman–Crippen MR) is 74.7 cm³/mol. The van der Waals surface area contributed by atoms with Gasteiger partial charge < -0.3 is 5.73 Å². The Morgan fingerprint density at radius 2 is 1.94 bits per heavy atom. The lowest BCUT2D eigenvalue weighted by Gasteiger charge is -2.15. The molecule has 0 amide bonds. The van der Waals surface area contributed by atoms with Crippen molar-refractivity contribution in [3.8, 4) is 10.6 Å². The van der Waals surface area contributed by atoms with Gasteiger partial charge in [0.25, 0.3) is 0 Å². The molecule has 3 rings (SSSR count). The highest BCUT2D eigenvalue weighted by atomic mass is 32.1. The standard InChI is InChI=1S/C14H17N3S/c15-8-7-13-16-17-14(18-13)12-6-5-10-3-1-2-4-11(10)9-12/h5-6,9H,1-4,7-8,15H2. The van der Waals surface area contributed by atoms with Gasteiger partial charge in [0.2, 0.25) is 0 Å². The van der Waals surface area contributed by atoms with Gasteiger partial charge in [0.15, 0.2) is 0 Å². The van der Waals surface area contributed by atoms with Gasteiger partial charge in [-0.05, 0) is 49.4 Å². The van der Waals surface area contributed by atoms with E-state index in [1.165, 1.54) is 42.4 Å². The predicted octanol–water partition coefficient (Wildman–Crippen LogP) is 2.59. The SMILES string of the molecule is NCCc1nnc(-c2ccc3c(c2)CCCC3)s1. The summed E-state index contributed by atoms with van der Waals surface area (Å²) in [6.45, 7) is 0.638. The summed E-state index contributed by atoms with van der Waals surface area (Å²) in [5, 5.41) is 10.5. The molecule has 0 atom stereocenters. The average molecular weight is 259 g/mol. The van der Waals surface area contributed by atoms with E-state index < -0.39 is 0 Å². The molecule has 3 nitrogen and oxygen atoms in total. The van der Waals surface area contributed by atoms with Crippen LogP contribution in [0.25, 0.3) is 10.6 Å². The normalized spacial score (nSPS) is 14.5. The molecule has 0 aliphatic heterocycles. The molecule has 0 fully saturated rings. The van der Waals surface area contributed by atoms with E-state index in [1.807, 2.05) is 0 Å². The van der Waals surface area contributed by atoms with Gasteiger partial charge >= 0.3 is 0 Å². The maximum atomic E-state index is 5.54. The number of nitrogens with zero attached hydrogens (tertiary/aromatic N) is 2. The molecule has 0 saturated heterocycles. The van der Waals surface area contributed by atoms with Crippen molar-refractivity contribution in [2.75, 3.05) is 6.54 Å². The van der Waals surface area contributed by atoms with E-state index in [4.69, 9.17) is 5.73 Å². The lowest BCUT2D eigenvalue weighted by Crippen LogP contribution is -2.02. The molecule has 1 aromatic heterocycles. The molecule has 1 aromatic carbocycles. The van der Waals surface area contributed by atoms with Crippen LogP contribution in [0.3, 0.4) is 0 Å². The average Bonchev–Trinajstić information content (AvgIpc) is 2.87. The van der Waals surface area contributed by atoms with Gasteiger partial charge in [-0.3, -0.25) is 0 Å². The molecule has 0 bridgehead atoms. The monoisotopic (exact) mass is 259 g/mol. The molecule has 2 N–H and O–H groups in total. The number of fused-ring (bicyclic) bond motifs is 1. The molecule has 18 heavy (non-hydrogen) atoms. The second-order valence-corrected chi connectivity index (χ2v) is 5.79. The Morgan fingerprint density at radius 3 is 2.78 bits per heavy atom. The van der Waals surface area contributed by atoms with Crippen molar-refractivity contribution in [1.82, 2.24) is 10.2 Å². The zero-order valence-electron chi connectivity index (χ0n) is 10.4. The number of benzene rings is 1. The Labute approximate surface area is 111 Å². The van der Waals surface area contributed by atoms with Crippen molar-refractivity contribution < 1.29 is 0 Å². The Morgan fingerprint density at radius 1 is 1.11 bits per heavy atom. The fourth-order valence-electron chi connectivity index (χ4n) is 2.46. The van der Waals surface area contributed by atoms with Crippen LogP contribution in [-0.4, -0.2) is 16.7 Å². The molecule has 0 spiro atoms. The lowest BCUT2D eigenvalue weighted by atomic mass is 9.90. The Bertz CT molecular complexity index is 548. The summed E-state index contributed by atoms with van der Waals surface area (Å²) in [6.07, 6.45) is 5.89. The van der Waals surface area contributed by atoms with Gasteiger partial charge in [-0.15, -0.1) is 10.2 Å². The van der Waals surface area contributed by atoms with Crippen LogP contribution in [0.5, 0.6) is 0 Å². The molecule has 2 aromatic rings. The summed E-state index contributed by atoms with van der Waals surface area (Å²) in [5.41, 5.74) is 9.75. The zero-order valence-corrected chi connectivity index (χ0v) is 11.2. The van der Waals surface area contributed by atoms with Crippen molar-refractivity contribution in [3.05, 3.63) is 34.3 Å². The molecule has 0 unspecified atom stereocenters. The summed E-state index contributed by atoms with van der Waals surface area (Å²) < 4.78 is 0. The first-order chi connectivity index (χ1) is 8.86. The Kier molecular flexibility index (Phi) is 3.39. The molecule has 1 aliphatic carbocycles. The third kappa shape index (κ3) is 2.31. The number of nitrogens with two attached hydrogens (primary N) is 1. The lowest BCUT2D eigenvalue weighted by molar-refractivity contribution is 0.686. The number of hydrogen-bond acceptors (Lipinski definition) is 4. The summed E-state index contributed by atoms with van der Waals surface area (Å²) in [5.74, 6) is 0. The second-order valence-electron chi connectivity index (χ2n) is 4.73. The van der Waals surface area contributed by atoms with E-state index in [9.17, 15) is 0 Å². The van der Waals surface area contributed by atoms with Crippen molar-refractivity contribution in [3.63, 3.8) is 0 Å². The minimum atomic E-state index is 0.638. The fourth-order valence-corrected chi connectivity index (χ4v) is 3.31. The summed E-state index contributed by atoms with van der Waals surface area (Å²) in [6, 6.07) is 6.73. The number of rotatable bonds is 3. The van der Waals surface area contributed by atoms with Crippen LogP contribution in [0.1, 0.15) is 29.0 Å². The van der Waals surface area contributed by atoms with Crippen LogP contribution in [0.15, 0.2) is 18.2 Å². The molecule has 0 saturated carbocycles. The first-order valence-electron chi connectivity index (χ1n) is 6.51. The van der Waals surface area contributed by atoms with E-state index in [2.05, 4.69) is 28.4 Å². The smallest absolute Gasteiger partial charge is 0.147 e. The molecule has 4 heteroatoms. The Balaban J connectivity index is 1.91. The van der Waals surface area contributed by atoms with Gasteiger partial charge in [-0.1, -0.05) is 23.5 Å². The number of hydrogen-bond donors (Lipinski definition) is 1.